The van der Waals surface area contributed by atoms with Crippen LogP contribution in [-0.2, 0) is 19.1 Å². The van der Waals surface area contributed by atoms with Crippen LogP contribution in [-0.4, -0.2) is 58.1 Å². The van der Waals surface area contributed by atoms with Crippen molar-refractivity contribution in [3.05, 3.63) is 11.8 Å². The minimum absolute atomic E-state index is 0.0456. The van der Waals surface area contributed by atoms with E-state index < -0.39 is 52.5 Å². The molecule has 2 saturated carbocycles. The summed E-state index contributed by atoms with van der Waals surface area (Å²) in [5.41, 5.74) is -3.68. The van der Waals surface area contributed by atoms with Gasteiger partial charge in [-0.15, -0.1) is 0 Å². The lowest BCUT2D eigenvalue weighted by atomic mass is 9.38. The number of hydrogen-bond donors (Lipinski definition) is 3. The monoisotopic (exact) mass is 394 g/mol. The minimum atomic E-state index is -1.71. The smallest absolute Gasteiger partial charge is 0.203 e. The first-order chi connectivity index (χ1) is 12.9. The molecule has 0 aromatic heterocycles. The SMILES string of the molecule is COC1=C[C@@H](C)[C@@H]2C[C@H]3O[C@H](O)C[C@H]4[C@](C)(O)[C@H](O)C(=O)[C@H]([C@@]2(C)C1=O)[C@@]34C. The lowest BCUT2D eigenvalue weighted by Gasteiger charge is -2.68. The lowest BCUT2D eigenvalue weighted by Crippen LogP contribution is -2.76. The molecule has 1 saturated heterocycles. The average molecular weight is 394 g/mol. The number of rotatable bonds is 1. The molecule has 3 N–H and O–H groups in total. The number of allylic oxidation sites excluding steroid dienone is 2. The molecule has 0 radical (unpaired) electrons. The molecule has 10 atom stereocenters. The van der Waals surface area contributed by atoms with Crippen LogP contribution in [0.1, 0.15) is 40.5 Å². The number of methoxy groups -OCH3 is 1. The molecule has 0 bridgehead atoms. The number of aliphatic hydroxyl groups is 3. The summed E-state index contributed by atoms with van der Waals surface area (Å²) in [5, 5.41) is 32.2. The molecule has 4 aliphatic rings. The Morgan fingerprint density at radius 2 is 1.82 bits per heavy atom. The van der Waals surface area contributed by atoms with Gasteiger partial charge < -0.3 is 24.8 Å². The predicted molar refractivity (Wildman–Crippen MR) is 97.7 cm³/mol. The van der Waals surface area contributed by atoms with Gasteiger partial charge in [0.05, 0.1) is 18.8 Å². The van der Waals surface area contributed by atoms with E-state index in [0.717, 1.165) is 0 Å². The van der Waals surface area contributed by atoms with E-state index in [9.17, 15) is 24.9 Å². The van der Waals surface area contributed by atoms with Gasteiger partial charge in [-0.2, -0.15) is 0 Å². The van der Waals surface area contributed by atoms with Gasteiger partial charge in [-0.1, -0.05) is 20.8 Å². The van der Waals surface area contributed by atoms with E-state index >= 15 is 0 Å². The maximum absolute atomic E-state index is 13.5. The van der Waals surface area contributed by atoms with Gasteiger partial charge >= 0.3 is 0 Å². The topological polar surface area (TPSA) is 113 Å². The number of fused-ring (bicyclic) bond motifs is 2. The summed E-state index contributed by atoms with van der Waals surface area (Å²) in [6.45, 7) is 7.08. The number of aliphatic hydroxyl groups excluding tert-OH is 2. The minimum Gasteiger partial charge on any atom is -0.493 e. The Hall–Kier alpha value is -1.28. The zero-order valence-electron chi connectivity index (χ0n) is 17.0. The molecule has 0 spiro atoms. The lowest BCUT2D eigenvalue weighted by molar-refractivity contribution is -0.317. The maximum Gasteiger partial charge on any atom is 0.203 e. The van der Waals surface area contributed by atoms with Gasteiger partial charge in [-0.25, -0.2) is 0 Å². The molecule has 1 heterocycles. The Bertz CT molecular complexity index is 758. The molecule has 4 rings (SSSR count). The number of carbonyl (C=O) groups is 2. The van der Waals surface area contributed by atoms with Gasteiger partial charge in [0.25, 0.3) is 0 Å². The largest absolute Gasteiger partial charge is 0.493 e. The highest BCUT2D eigenvalue weighted by Gasteiger charge is 2.75. The molecular weight excluding hydrogens is 364 g/mol. The molecule has 0 unspecified atom stereocenters. The van der Waals surface area contributed by atoms with Crippen molar-refractivity contribution < 1.29 is 34.4 Å². The Kier molecular flexibility index (Phi) is 4.20. The van der Waals surface area contributed by atoms with Crippen molar-refractivity contribution in [1.82, 2.24) is 0 Å². The third-order valence-electron chi connectivity index (χ3n) is 8.46. The van der Waals surface area contributed by atoms with Crippen molar-refractivity contribution in [3.63, 3.8) is 0 Å². The van der Waals surface area contributed by atoms with Crippen LogP contribution in [0.2, 0.25) is 0 Å². The van der Waals surface area contributed by atoms with Crippen LogP contribution >= 0.6 is 0 Å². The first-order valence-electron chi connectivity index (χ1n) is 10.00. The van der Waals surface area contributed by atoms with Gasteiger partial charge in [-0.3, -0.25) is 9.59 Å². The predicted octanol–water partition coefficient (Wildman–Crippen LogP) is 0.802. The third-order valence-corrected chi connectivity index (χ3v) is 8.46. The van der Waals surface area contributed by atoms with Crippen molar-refractivity contribution in [3.8, 4) is 0 Å². The quantitative estimate of drug-likeness (QED) is 0.603. The summed E-state index contributed by atoms with van der Waals surface area (Å²) in [7, 11) is 1.44. The van der Waals surface area contributed by atoms with Gasteiger partial charge in [0.15, 0.2) is 17.8 Å². The van der Waals surface area contributed by atoms with Gasteiger partial charge in [0.1, 0.15) is 6.10 Å². The molecule has 3 aliphatic carbocycles. The molecule has 28 heavy (non-hydrogen) atoms. The Balaban J connectivity index is 1.95. The van der Waals surface area contributed by atoms with E-state index in [4.69, 9.17) is 9.47 Å². The van der Waals surface area contributed by atoms with Gasteiger partial charge in [0, 0.05) is 29.1 Å². The average Bonchev–Trinajstić information content (AvgIpc) is 2.62. The van der Waals surface area contributed by atoms with E-state index in [2.05, 4.69) is 0 Å². The Morgan fingerprint density at radius 1 is 1.18 bits per heavy atom. The van der Waals surface area contributed by atoms with E-state index in [1.165, 1.54) is 14.0 Å². The van der Waals surface area contributed by atoms with Gasteiger partial charge in [-0.05, 0) is 31.3 Å². The molecule has 0 aromatic carbocycles. The molecule has 0 aromatic rings. The number of ether oxygens (including phenoxy) is 2. The van der Waals surface area contributed by atoms with E-state index in [0.29, 0.717) is 6.42 Å². The van der Waals surface area contributed by atoms with Crippen LogP contribution in [0.3, 0.4) is 0 Å². The third kappa shape index (κ3) is 2.13. The number of Topliss-reactive ketones (excluding diaryl/α,β-unsaturated/α-hetero) is 2. The zero-order chi connectivity index (χ0) is 20.8. The number of ketones is 2. The maximum atomic E-state index is 13.5. The summed E-state index contributed by atoms with van der Waals surface area (Å²) in [4.78, 5) is 26.9. The van der Waals surface area contributed by atoms with Crippen LogP contribution in [0.5, 0.6) is 0 Å². The fraction of sp³-hybridized carbons (Fsp3) is 0.810. The number of hydrogen-bond acceptors (Lipinski definition) is 7. The van der Waals surface area contributed by atoms with E-state index in [-0.39, 0.29) is 29.8 Å². The van der Waals surface area contributed by atoms with Crippen molar-refractivity contribution in [1.29, 1.82) is 0 Å². The number of carbonyl (C=O) groups excluding carboxylic acids is 2. The highest BCUT2D eigenvalue weighted by molar-refractivity contribution is 6.04. The first-order valence-corrected chi connectivity index (χ1v) is 10.00. The zero-order valence-corrected chi connectivity index (χ0v) is 17.0. The van der Waals surface area contributed by atoms with Crippen LogP contribution in [0.15, 0.2) is 11.8 Å². The summed E-state index contributed by atoms with van der Waals surface area (Å²) < 4.78 is 11.2. The standard InChI is InChI=1S/C21H30O7/c1-9-6-11(27-5)17(24)19(2)10(9)7-13-20(3)12(8-14(22)28-13)21(4,26)18(25)15(23)16(19)20/h6,9-10,12-14,16,18,22,25-26H,7-8H2,1-5H3/t9-,10+,12-,13-,14+,16-,18-,19+,20-,21+/m1/s1. The van der Waals surface area contributed by atoms with E-state index in [1.807, 2.05) is 13.8 Å². The van der Waals surface area contributed by atoms with Crippen LogP contribution in [0.25, 0.3) is 0 Å². The Labute approximate surface area is 164 Å². The second-order valence-corrected chi connectivity index (χ2v) is 9.75. The van der Waals surface area contributed by atoms with E-state index in [1.54, 1.807) is 13.0 Å². The fourth-order valence-corrected chi connectivity index (χ4v) is 7.13. The summed E-state index contributed by atoms with van der Waals surface area (Å²) in [6.07, 6.45) is -0.847. The highest BCUT2D eigenvalue weighted by Crippen LogP contribution is 2.68. The summed E-state index contributed by atoms with van der Waals surface area (Å²) in [6, 6.07) is 0. The first kappa shape index (κ1) is 20.0. The fourth-order valence-electron chi connectivity index (χ4n) is 7.13. The second-order valence-electron chi connectivity index (χ2n) is 9.75. The van der Waals surface area contributed by atoms with Crippen molar-refractivity contribution in [2.45, 2.75) is 64.6 Å². The summed E-state index contributed by atoms with van der Waals surface area (Å²) >= 11 is 0. The van der Waals surface area contributed by atoms with Crippen molar-refractivity contribution in [2.24, 2.45) is 34.5 Å². The molecular formula is C21H30O7. The van der Waals surface area contributed by atoms with Gasteiger partial charge in [0.2, 0.25) is 5.78 Å². The highest BCUT2D eigenvalue weighted by atomic mass is 16.6. The molecule has 3 fully saturated rings. The van der Waals surface area contributed by atoms with Crippen LogP contribution < -0.4 is 0 Å². The molecule has 156 valence electrons. The molecule has 1 aliphatic heterocycles. The van der Waals surface area contributed by atoms with Crippen molar-refractivity contribution in [2.75, 3.05) is 7.11 Å². The van der Waals surface area contributed by atoms with Crippen LogP contribution in [0, 0.1) is 34.5 Å². The summed E-state index contributed by atoms with van der Waals surface area (Å²) in [5.74, 6) is -2.22. The van der Waals surface area contributed by atoms with Crippen molar-refractivity contribution >= 4 is 11.6 Å². The Morgan fingerprint density at radius 3 is 2.43 bits per heavy atom. The normalized spacial score (nSPS) is 55.9. The molecule has 7 nitrogen and oxygen atoms in total. The molecule has 0 amide bonds. The second kappa shape index (κ2) is 5.88. The van der Waals surface area contributed by atoms with Crippen LogP contribution in [0.4, 0.5) is 0 Å². The molecule has 7 heteroatoms.